The normalized spacial score (nSPS) is 25.9. The first-order valence-electron chi connectivity index (χ1n) is 5.97. The molecule has 3 atom stereocenters. The first-order chi connectivity index (χ1) is 7.90. The number of esters is 1. The number of ether oxygens (including phenoxy) is 1. The van der Waals surface area contributed by atoms with Gasteiger partial charge in [-0.3, -0.25) is 4.79 Å². The first-order valence-corrected chi connectivity index (χ1v) is 5.97. The molecule has 17 heavy (non-hydrogen) atoms. The molecule has 96 valence electrons. The van der Waals surface area contributed by atoms with Gasteiger partial charge in [0.1, 0.15) is 0 Å². The van der Waals surface area contributed by atoms with Gasteiger partial charge in [0.25, 0.3) is 0 Å². The van der Waals surface area contributed by atoms with Crippen molar-refractivity contribution in [3.63, 3.8) is 0 Å². The summed E-state index contributed by atoms with van der Waals surface area (Å²) < 4.78 is 4.83. The molecule has 1 rings (SSSR count). The molecule has 0 aromatic carbocycles. The van der Waals surface area contributed by atoms with Gasteiger partial charge < -0.3 is 9.84 Å². The van der Waals surface area contributed by atoms with Gasteiger partial charge in [0.2, 0.25) is 0 Å². The van der Waals surface area contributed by atoms with E-state index in [0.29, 0.717) is 12.3 Å². The quantitative estimate of drug-likeness (QED) is 0.605. The third kappa shape index (κ3) is 4.21. The van der Waals surface area contributed by atoms with Crippen molar-refractivity contribution in [2.24, 2.45) is 11.8 Å². The van der Waals surface area contributed by atoms with Crippen LogP contribution >= 0.6 is 0 Å². The van der Waals surface area contributed by atoms with Gasteiger partial charge in [-0.05, 0) is 38.0 Å². The average Bonchev–Trinajstić information content (AvgIpc) is 2.19. The Morgan fingerprint density at radius 1 is 1.59 bits per heavy atom. The van der Waals surface area contributed by atoms with E-state index >= 15 is 0 Å². The van der Waals surface area contributed by atoms with Crippen molar-refractivity contribution in [1.29, 1.82) is 0 Å². The van der Waals surface area contributed by atoms with Crippen molar-refractivity contribution in [2.75, 3.05) is 0 Å². The molecule has 4 heteroatoms. The fourth-order valence-electron chi connectivity index (χ4n) is 2.35. The lowest BCUT2D eigenvalue weighted by Crippen LogP contribution is -2.31. The second-order valence-electron chi connectivity index (χ2n) is 4.84. The van der Waals surface area contributed by atoms with E-state index in [1.165, 1.54) is 12.5 Å². The highest BCUT2D eigenvalue weighted by atomic mass is 16.6. The molecule has 0 bridgehead atoms. The van der Waals surface area contributed by atoms with Crippen LogP contribution in [0.3, 0.4) is 0 Å². The van der Waals surface area contributed by atoms with Crippen LogP contribution < -0.4 is 0 Å². The van der Waals surface area contributed by atoms with Crippen LogP contribution in [0.4, 0.5) is 0 Å². The molecule has 1 aliphatic carbocycles. The molecule has 1 N–H and O–H groups in total. The highest BCUT2D eigenvalue weighted by Crippen LogP contribution is 2.32. The van der Waals surface area contributed by atoms with Crippen molar-refractivity contribution in [1.82, 2.24) is 0 Å². The van der Waals surface area contributed by atoms with Crippen molar-refractivity contribution in [2.45, 2.75) is 46.1 Å². The van der Waals surface area contributed by atoms with Crippen molar-refractivity contribution in [3.05, 3.63) is 11.6 Å². The third-order valence-corrected chi connectivity index (χ3v) is 3.30. The number of rotatable bonds is 4. The number of carbonyl (C=O) groups excluding carboxylic acids is 1. The molecule has 1 aliphatic rings. The zero-order valence-electron chi connectivity index (χ0n) is 10.6. The van der Waals surface area contributed by atoms with Gasteiger partial charge in [-0.25, -0.2) is 4.79 Å². The number of carbonyl (C=O) groups is 2. The highest BCUT2D eigenvalue weighted by molar-refractivity contribution is 5.76. The highest BCUT2D eigenvalue weighted by Gasteiger charge is 2.29. The Balaban J connectivity index is 2.62. The molecule has 0 spiro atoms. The number of hydrogen-bond donors (Lipinski definition) is 1. The molecule has 0 fully saturated rings. The summed E-state index contributed by atoms with van der Waals surface area (Å²) >= 11 is 0. The molecule has 0 aromatic heterocycles. The predicted octanol–water partition coefficient (Wildman–Crippen LogP) is 2.39. The minimum Gasteiger partial charge on any atom is -0.479 e. The smallest absolute Gasteiger partial charge is 0.345 e. The second-order valence-corrected chi connectivity index (χ2v) is 4.84. The van der Waals surface area contributed by atoms with Gasteiger partial charge in [-0.15, -0.1) is 0 Å². The number of aliphatic carboxylic acids is 1. The Labute approximate surface area is 102 Å². The molecule has 0 heterocycles. The van der Waals surface area contributed by atoms with E-state index in [4.69, 9.17) is 9.84 Å². The maximum absolute atomic E-state index is 11.0. The molecule has 0 aliphatic heterocycles. The Bertz CT molecular complexity index is 332. The summed E-state index contributed by atoms with van der Waals surface area (Å²) in [5, 5.41) is 9.00. The minimum absolute atomic E-state index is 0.277. The summed E-state index contributed by atoms with van der Waals surface area (Å²) in [6.07, 6.45) is 3.54. The summed E-state index contributed by atoms with van der Waals surface area (Å²) in [5.41, 5.74) is 1.35. The van der Waals surface area contributed by atoms with Crippen LogP contribution in [0.5, 0.6) is 0 Å². The fourth-order valence-corrected chi connectivity index (χ4v) is 2.35. The summed E-state index contributed by atoms with van der Waals surface area (Å²) in [7, 11) is 0. The second kappa shape index (κ2) is 5.84. The van der Waals surface area contributed by atoms with E-state index in [2.05, 4.69) is 19.9 Å². The van der Waals surface area contributed by atoms with E-state index in [-0.39, 0.29) is 5.92 Å². The number of carboxylic acid groups (broad SMARTS) is 1. The standard InChI is InChI=1S/C13H20O4/c1-8-4-5-11(9(2)6-8)7-12(13(15)16)17-10(3)14/h6,9,11-12H,4-5,7H2,1-3H3,(H,15,16). The Morgan fingerprint density at radius 2 is 2.24 bits per heavy atom. The number of carboxylic acids is 1. The Morgan fingerprint density at radius 3 is 2.71 bits per heavy atom. The average molecular weight is 240 g/mol. The van der Waals surface area contributed by atoms with Crippen LogP contribution in [0.15, 0.2) is 11.6 Å². The largest absolute Gasteiger partial charge is 0.479 e. The minimum atomic E-state index is -1.06. The van der Waals surface area contributed by atoms with E-state index in [0.717, 1.165) is 12.8 Å². The van der Waals surface area contributed by atoms with Gasteiger partial charge in [-0.2, -0.15) is 0 Å². The van der Waals surface area contributed by atoms with Crippen molar-refractivity contribution >= 4 is 11.9 Å². The first kappa shape index (κ1) is 13.7. The van der Waals surface area contributed by atoms with E-state index in [9.17, 15) is 9.59 Å². The number of hydrogen-bond acceptors (Lipinski definition) is 3. The van der Waals surface area contributed by atoms with E-state index in [1.54, 1.807) is 0 Å². The summed E-state index contributed by atoms with van der Waals surface area (Å²) in [6.45, 7) is 5.41. The van der Waals surface area contributed by atoms with Crippen LogP contribution in [-0.4, -0.2) is 23.1 Å². The van der Waals surface area contributed by atoms with Crippen molar-refractivity contribution in [3.8, 4) is 0 Å². The van der Waals surface area contributed by atoms with Crippen LogP contribution in [0.2, 0.25) is 0 Å². The molecule has 0 saturated heterocycles. The molecule has 3 unspecified atom stereocenters. The Hall–Kier alpha value is -1.32. The molecular weight excluding hydrogens is 220 g/mol. The van der Waals surface area contributed by atoms with E-state index < -0.39 is 18.0 Å². The lowest BCUT2D eigenvalue weighted by Gasteiger charge is -2.28. The van der Waals surface area contributed by atoms with Crippen LogP contribution in [0, 0.1) is 11.8 Å². The summed E-state index contributed by atoms with van der Waals surface area (Å²) in [6, 6.07) is 0. The Kier molecular flexibility index (Phi) is 4.73. The van der Waals surface area contributed by atoms with Gasteiger partial charge in [0.05, 0.1) is 0 Å². The van der Waals surface area contributed by atoms with Gasteiger partial charge in [0, 0.05) is 6.92 Å². The lowest BCUT2D eigenvalue weighted by molar-refractivity contribution is -0.163. The SMILES string of the molecule is CC(=O)OC(CC1CCC(C)=CC1C)C(=O)O. The van der Waals surface area contributed by atoms with Crippen LogP contribution in [-0.2, 0) is 14.3 Å². The molecular formula is C13H20O4. The monoisotopic (exact) mass is 240 g/mol. The maximum Gasteiger partial charge on any atom is 0.345 e. The summed E-state index contributed by atoms with van der Waals surface area (Å²) in [5.74, 6) is -0.966. The topological polar surface area (TPSA) is 63.6 Å². The molecule has 0 aromatic rings. The molecule has 0 saturated carbocycles. The van der Waals surface area contributed by atoms with Crippen LogP contribution in [0.25, 0.3) is 0 Å². The lowest BCUT2D eigenvalue weighted by atomic mass is 9.79. The van der Waals surface area contributed by atoms with Gasteiger partial charge >= 0.3 is 11.9 Å². The summed E-state index contributed by atoms with van der Waals surface area (Å²) in [4.78, 5) is 21.8. The molecule has 4 nitrogen and oxygen atoms in total. The molecule has 0 radical (unpaired) electrons. The van der Waals surface area contributed by atoms with Crippen LogP contribution in [0.1, 0.15) is 40.0 Å². The van der Waals surface area contributed by atoms with Gasteiger partial charge in [-0.1, -0.05) is 18.6 Å². The zero-order chi connectivity index (χ0) is 13.0. The number of allylic oxidation sites excluding steroid dienone is 2. The molecule has 0 amide bonds. The predicted molar refractivity (Wildman–Crippen MR) is 63.5 cm³/mol. The van der Waals surface area contributed by atoms with Gasteiger partial charge in [0.15, 0.2) is 6.10 Å². The van der Waals surface area contributed by atoms with E-state index in [1.807, 2.05) is 0 Å². The fraction of sp³-hybridized carbons (Fsp3) is 0.692. The van der Waals surface area contributed by atoms with Crippen molar-refractivity contribution < 1.29 is 19.4 Å². The maximum atomic E-state index is 11.0. The third-order valence-electron chi connectivity index (χ3n) is 3.30. The zero-order valence-corrected chi connectivity index (χ0v) is 10.6.